The molecule has 0 aliphatic rings. The van der Waals surface area contributed by atoms with Crippen LogP contribution in [0.15, 0.2) is 0 Å². The van der Waals surface area contributed by atoms with Gasteiger partial charge in [-0.1, -0.05) is 0 Å². The van der Waals surface area contributed by atoms with Crippen LogP contribution in [0.2, 0.25) is 0 Å². The first-order valence-electron chi connectivity index (χ1n) is 0.478. The van der Waals surface area contributed by atoms with Crippen molar-refractivity contribution in [3.05, 3.63) is 0 Å². The monoisotopic (exact) mass is 170 g/mol. The minimum absolute atomic E-state index is 0. The van der Waals surface area contributed by atoms with E-state index >= 15 is 0 Å². The van der Waals surface area contributed by atoms with Gasteiger partial charge in [-0.05, 0) is 0 Å². The van der Waals surface area contributed by atoms with Gasteiger partial charge in [0.2, 0.25) is 0 Å². The molecule has 0 unspecified atom stereocenters. The van der Waals surface area contributed by atoms with Crippen LogP contribution in [0.25, 0.3) is 0 Å². The molecule has 0 saturated carbocycles. The third kappa shape index (κ3) is 24.2. The fraction of sp³-hybridized carbons (Fsp3) is 0. The van der Waals surface area contributed by atoms with Crippen molar-refractivity contribution in [3.63, 3.8) is 0 Å². The molecule has 0 radical (unpaired) electrons. The Kier molecular flexibility index (Phi) is 12.0. The minimum atomic E-state index is -2.60. The molecule has 0 saturated heterocycles. The van der Waals surface area contributed by atoms with Gasteiger partial charge in [0.25, 0.3) is 10.8 Å². The predicted octanol–water partition coefficient (Wildman–Crippen LogP) is -3.58. The Morgan fingerprint density at radius 2 is 1.40 bits per heavy atom. The van der Waals surface area contributed by atoms with E-state index in [-0.39, 0.29) is 58.2 Å². The summed E-state index contributed by atoms with van der Waals surface area (Å²) in [6, 6.07) is 0. The Morgan fingerprint density at radius 1 is 1.40 bits per heavy atom. The summed E-state index contributed by atoms with van der Waals surface area (Å²) < 4.78 is 24.0. The maximum atomic E-state index is 8.52. The molecule has 0 amide bonds. The van der Waals surface area contributed by atoms with Gasteiger partial charge < -0.3 is 9.32 Å². The Labute approximate surface area is 81.2 Å². The standard InChI is InChI=1S/ClHO3.Rb.H/c2-1(3)4;;/h2H;;. The molecular weight excluding hydrogens is 169 g/mol. The summed E-state index contributed by atoms with van der Waals surface area (Å²) in [4.78, 5) is 0. The number of hydrogen-bond acceptors (Lipinski definition) is 3. The summed E-state index contributed by atoms with van der Waals surface area (Å²) in [5, 5.41) is 0. The molecule has 0 spiro atoms. The summed E-state index contributed by atoms with van der Waals surface area (Å²) in [6.07, 6.45) is 0. The van der Waals surface area contributed by atoms with E-state index in [1.165, 1.54) is 0 Å². The zero-order valence-electron chi connectivity index (χ0n) is 1.64. The summed E-state index contributed by atoms with van der Waals surface area (Å²) in [5.74, 6) is 0. The van der Waals surface area contributed by atoms with Crippen molar-refractivity contribution in [3.8, 4) is 0 Å². The van der Waals surface area contributed by atoms with Crippen LogP contribution >= 0.6 is 0 Å². The van der Waals surface area contributed by atoms with Crippen molar-refractivity contribution in [2.75, 3.05) is 0 Å². The van der Waals surface area contributed by atoms with Crippen molar-refractivity contribution in [1.29, 1.82) is 0 Å². The number of hydrogen-bond donors (Lipinski definition) is 1. The molecule has 0 aromatic carbocycles. The predicted molar refractivity (Wildman–Crippen MR) is 9.37 cm³/mol. The zero-order valence-corrected chi connectivity index (χ0v) is 2.40. The van der Waals surface area contributed by atoms with E-state index in [1.54, 1.807) is 0 Å². The molecule has 5 heavy (non-hydrogen) atoms. The van der Waals surface area contributed by atoms with Crippen LogP contribution in [0.3, 0.4) is 0 Å². The average Bonchev–Trinajstić information content (AvgIpc) is 0.811. The van der Waals surface area contributed by atoms with Crippen LogP contribution in [0, 0.1) is 10.8 Å². The molecular formula is H2ClO3Rb. The third-order valence-corrected chi connectivity index (χ3v) is 0. The Hall–Kier alpha value is 1.98. The molecule has 5 heteroatoms. The van der Waals surface area contributed by atoms with Gasteiger partial charge in [0.1, 0.15) is 0 Å². The summed E-state index contributed by atoms with van der Waals surface area (Å²) in [6.45, 7) is 0. The van der Waals surface area contributed by atoms with E-state index in [2.05, 4.69) is 0 Å². The summed E-state index contributed by atoms with van der Waals surface area (Å²) >= 11 is 0. The molecule has 0 aliphatic heterocycles. The molecule has 0 bridgehead atoms. The average molecular weight is 171 g/mol. The van der Waals surface area contributed by atoms with Gasteiger partial charge >= 0.3 is 58.2 Å². The van der Waals surface area contributed by atoms with E-state index in [4.69, 9.17) is 14.0 Å². The molecule has 3 nitrogen and oxygen atoms in total. The van der Waals surface area contributed by atoms with Crippen LogP contribution in [0.4, 0.5) is 0 Å². The first-order valence-corrected chi connectivity index (χ1v) is 1.43. The molecule has 0 aromatic heterocycles. The van der Waals surface area contributed by atoms with Gasteiger partial charge in [-0.25, -0.2) is 0 Å². The Bertz CT molecular complexity index is 11.6. The molecule has 1 N–H and O–H groups in total. The van der Waals surface area contributed by atoms with Crippen molar-refractivity contribution >= 4 is 58.2 Å². The maximum absolute atomic E-state index is 8.52. The molecule has 0 heterocycles. The van der Waals surface area contributed by atoms with Crippen molar-refractivity contribution in [1.82, 2.24) is 0 Å². The molecule has 0 fully saturated rings. The summed E-state index contributed by atoms with van der Waals surface area (Å²) in [5.41, 5.74) is 0. The van der Waals surface area contributed by atoms with Crippen LogP contribution in [0.5, 0.6) is 0 Å². The summed E-state index contributed by atoms with van der Waals surface area (Å²) in [7, 11) is -2.60. The molecule has 0 rings (SSSR count). The van der Waals surface area contributed by atoms with Gasteiger partial charge in [-0.15, -0.1) is 0 Å². The third-order valence-electron chi connectivity index (χ3n) is 0. The second-order valence-electron chi connectivity index (χ2n) is 0.201. The van der Waals surface area contributed by atoms with Crippen LogP contribution in [-0.4, -0.2) is 62.8 Å². The molecule has 0 aliphatic carbocycles. The van der Waals surface area contributed by atoms with Crippen molar-refractivity contribution in [2.45, 2.75) is 0 Å². The number of halogens is 1. The Balaban J connectivity index is 0. The first-order chi connectivity index (χ1) is 1.73. The van der Waals surface area contributed by atoms with E-state index < -0.39 is 10.8 Å². The van der Waals surface area contributed by atoms with E-state index in [9.17, 15) is 0 Å². The van der Waals surface area contributed by atoms with Gasteiger partial charge in [-0.2, -0.15) is 0 Å². The van der Waals surface area contributed by atoms with Crippen LogP contribution in [0.1, 0.15) is 0 Å². The normalized spacial score (nSPS) is 7.20. The molecule has 0 atom stereocenters. The fourth-order valence-corrected chi connectivity index (χ4v) is 0. The van der Waals surface area contributed by atoms with Gasteiger partial charge in [0, 0.05) is 4.66 Å². The topological polar surface area (TPSA) is 66.3 Å². The van der Waals surface area contributed by atoms with Crippen LogP contribution < -0.4 is 9.32 Å². The fourth-order valence-electron chi connectivity index (χ4n) is 0. The van der Waals surface area contributed by atoms with Crippen LogP contribution in [-0.2, 0) is 0 Å². The second kappa shape index (κ2) is 5.98. The second-order valence-corrected chi connectivity index (χ2v) is 0.603. The van der Waals surface area contributed by atoms with Crippen molar-refractivity contribution < 1.29 is 24.8 Å². The quantitative estimate of drug-likeness (QED) is 0.409. The van der Waals surface area contributed by atoms with Gasteiger partial charge in [0.05, 0.1) is 0 Å². The Morgan fingerprint density at radius 3 is 1.40 bits per heavy atom. The van der Waals surface area contributed by atoms with Gasteiger partial charge in [0.15, 0.2) is 0 Å². The molecule has 28 valence electrons. The number of rotatable bonds is 0. The van der Waals surface area contributed by atoms with Crippen molar-refractivity contribution in [2.24, 2.45) is 0 Å². The van der Waals surface area contributed by atoms with E-state index in [0.29, 0.717) is 0 Å². The molecule has 0 aromatic rings. The van der Waals surface area contributed by atoms with Gasteiger partial charge in [-0.3, -0.25) is 0 Å². The van der Waals surface area contributed by atoms with E-state index in [1.807, 2.05) is 0 Å². The van der Waals surface area contributed by atoms with E-state index in [0.717, 1.165) is 0 Å². The SMILES string of the molecule is [O-][Cl+2]([O-])O.[RbH]. The first kappa shape index (κ1) is 10.1. The zero-order chi connectivity index (χ0) is 3.58.